The highest BCUT2D eigenvalue weighted by Crippen LogP contribution is 2.06. The van der Waals surface area contributed by atoms with E-state index in [9.17, 15) is 14.4 Å². The summed E-state index contributed by atoms with van der Waals surface area (Å²) in [4.78, 5) is 34.1. The van der Waals surface area contributed by atoms with Gasteiger partial charge >= 0.3 is 6.09 Å². The maximum atomic E-state index is 11.2. The molecule has 0 radical (unpaired) electrons. The lowest BCUT2D eigenvalue weighted by molar-refractivity contribution is -0.140. The van der Waals surface area contributed by atoms with E-state index in [0.29, 0.717) is 6.54 Å². The zero-order valence-corrected chi connectivity index (χ0v) is 8.80. The van der Waals surface area contributed by atoms with Gasteiger partial charge in [-0.25, -0.2) is 4.79 Å². The molecule has 1 aliphatic rings. The van der Waals surface area contributed by atoms with Crippen molar-refractivity contribution < 1.29 is 19.1 Å². The van der Waals surface area contributed by atoms with E-state index in [2.05, 4.69) is 5.32 Å². The average molecular weight is 227 g/mol. The summed E-state index contributed by atoms with van der Waals surface area (Å²) in [6.07, 6.45) is 0.644. The number of nitrogens with one attached hydrogen (secondary N) is 1. The van der Waals surface area contributed by atoms with Crippen molar-refractivity contribution in [1.29, 1.82) is 0 Å². The Kier molecular flexibility index (Phi) is 4.01. The third kappa shape index (κ3) is 2.80. The first-order valence-corrected chi connectivity index (χ1v) is 4.77. The van der Waals surface area contributed by atoms with E-state index in [-0.39, 0.29) is 6.61 Å². The summed E-state index contributed by atoms with van der Waals surface area (Å²) in [6, 6.07) is 0. The molecule has 16 heavy (non-hydrogen) atoms. The molecule has 1 unspecified atom stereocenters. The number of nitrogens with zero attached hydrogens (tertiary/aromatic N) is 1. The minimum absolute atomic E-state index is 0.231. The van der Waals surface area contributed by atoms with Gasteiger partial charge in [-0.05, 0) is 6.92 Å². The van der Waals surface area contributed by atoms with Crippen LogP contribution in [-0.4, -0.2) is 42.1 Å². The summed E-state index contributed by atoms with van der Waals surface area (Å²) in [7, 11) is 0. The second-order valence-corrected chi connectivity index (χ2v) is 3.08. The molecule has 7 heteroatoms. The highest BCUT2D eigenvalue weighted by atomic mass is 16.5. The van der Waals surface area contributed by atoms with E-state index >= 15 is 0 Å². The highest BCUT2D eigenvalue weighted by Gasteiger charge is 2.29. The lowest BCUT2D eigenvalue weighted by Crippen LogP contribution is -2.49. The third-order valence-corrected chi connectivity index (χ3v) is 1.88. The van der Waals surface area contributed by atoms with Crippen LogP contribution in [0.2, 0.25) is 0 Å². The van der Waals surface area contributed by atoms with Gasteiger partial charge in [0.2, 0.25) is 0 Å². The number of carbonyl (C=O) groups excluding carboxylic acids is 3. The average Bonchev–Trinajstić information content (AvgIpc) is 2.56. The van der Waals surface area contributed by atoms with Crippen molar-refractivity contribution in [1.82, 2.24) is 10.2 Å². The molecule has 1 atom stereocenters. The van der Waals surface area contributed by atoms with Gasteiger partial charge in [0, 0.05) is 18.7 Å². The van der Waals surface area contributed by atoms with Crippen LogP contribution in [0.3, 0.4) is 0 Å². The minimum atomic E-state index is -0.961. The molecule has 7 nitrogen and oxygen atoms in total. The van der Waals surface area contributed by atoms with Gasteiger partial charge in [0.15, 0.2) is 0 Å². The minimum Gasteiger partial charge on any atom is -0.446 e. The molecule has 0 saturated heterocycles. The Balaban J connectivity index is 2.41. The maximum absolute atomic E-state index is 11.2. The Morgan fingerprint density at radius 2 is 2.06 bits per heavy atom. The molecule has 3 amide bonds. The first kappa shape index (κ1) is 12.2. The number of nitrogens with two attached hydrogens (primary N) is 1. The number of hydrogen-bond donors (Lipinski definition) is 2. The van der Waals surface area contributed by atoms with E-state index in [4.69, 9.17) is 10.5 Å². The molecule has 1 rings (SSSR count). The lowest BCUT2D eigenvalue weighted by Gasteiger charge is -2.21. The van der Waals surface area contributed by atoms with Crippen molar-refractivity contribution in [3.63, 3.8) is 0 Å². The number of carbonyl (C=O) groups is 3. The molecule has 0 spiro atoms. The smallest absolute Gasteiger partial charge is 0.407 e. The second-order valence-electron chi connectivity index (χ2n) is 3.08. The predicted octanol–water partition coefficient (Wildman–Crippen LogP) is -1.06. The lowest BCUT2D eigenvalue weighted by atomic mass is 10.4. The molecule has 0 fully saturated rings. The molecule has 3 N–H and O–H groups in total. The third-order valence-electron chi connectivity index (χ3n) is 1.88. The van der Waals surface area contributed by atoms with Crippen LogP contribution in [0.15, 0.2) is 12.2 Å². The largest absolute Gasteiger partial charge is 0.446 e. The Hall–Kier alpha value is -1.89. The SMILES string of the molecule is CCNC(=O)OCC(N)N1C(=O)C=CC1=O. The maximum Gasteiger partial charge on any atom is 0.407 e. The van der Waals surface area contributed by atoms with Gasteiger partial charge in [0.1, 0.15) is 12.8 Å². The zero-order chi connectivity index (χ0) is 12.1. The molecule has 0 bridgehead atoms. The first-order valence-electron chi connectivity index (χ1n) is 4.77. The molecule has 1 heterocycles. The molecule has 1 aliphatic heterocycles. The Morgan fingerprint density at radius 3 is 2.56 bits per heavy atom. The van der Waals surface area contributed by atoms with E-state index in [1.165, 1.54) is 0 Å². The van der Waals surface area contributed by atoms with Crippen LogP contribution in [0.25, 0.3) is 0 Å². The van der Waals surface area contributed by atoms with Crippen molar-refractivity contribution in [2.75, 3.05) is 13.2 Å². The van der Waals surface area contributed by atoms with Gasteiger partial charge in [-0.3, -0.25) is 14.5 Å². The van der Waals surface area contributed by atoms with Crippen LogP contribution in [-0.2, 0) is 14.3 Å². The number of amides is 3. The van der Waals surface area contributed by atoms with Crippen LogP contribution in [0, 0.1) is 0 Å². The number of ether oxygens (including phenoxy) is 1. The van der Waals surface area contributed by atoms with Crippen molar-refractivity contribution in [3.8, 4) is 0 Å². The summed E-state index contributed by atoms with van der Waals surface area (Å²) in [5.74, 6) is -1.01. The Labute approximate surface area is 92.2 Å². The van der Waals surface area contributed by atoms with E-state index in [1.807, 2.05) is 0 Å². The van der Waals surface area contributed by atoms with Crippen molar-refractivity contribution in [2.45, 2.75) is 13.1 Å². The molecular formula is C9H13N3O4. The standard InChI is InChI=1S/C9H13N3O4/c1-2-11-9(15)16-5-6(10)12-7(13)3-4-8(12)14/h3-4,6H,2,5,10H2,1H3,(H,11,15). The molecule has 0 aromatic heterocycles. The fourth-order valence-electron chi connectivity index (χ4n) is 1.17. The van der Waals surface area contributed by atoms with Gasteiger partial charge in [0.25, 0.3) is 11.8 Å². The number of alkyl carbamates (subject to hydrolysis) is 1. The summed E-state index contributed by atoms with van der Waals surface area (Å²) in [5.41, 5.74) is 5.54. The molecular weight excluding hydrogens is 214 g/mol. The summed E-state index contributed by atoms with van der Waals surface area (Å²) in [5, 5.41) is 2.39. The predicted molar refractivity (Wildman–Crippen MR) is 54.0 cm³/mol. The monoisotopic (exact) mass is 227 g/mol. The number of imide groups is 1. The molecule has 0 aromatic carbocycles. The topological polar surface area (TPSA) is 102 Å². The Morgan fingerprint density at radius 1 is 1.50 bits per heavy atom. The summed E-state index contributed by atoms with van der Waals surface area (Å²) in [6.45, 7) is 1.93. The van der Waals surface area contributed by atoms with Gasteiger partial charge in [0.05, 0.1) is 0 Å². The van der Waals surface area contributed by atoms with Crippen molar-refractivity contribution in [3.05, 3.63) is 12.2 Å². The van der Waals surface area contributed by atoms with Gasteiger partial charge in [-0.1, -0.05) is 0 Å². The Bertz CT molecular complexity index is 322. The molecule has 0 aromatic rings. The summed E-state index contributed by atoms with van der Waals surface area (Å²) >= 11 is 0. The van der Waals surface area contributed by atoms with Crippen LogP contribution in [0.1, 0.15) is 6.92 Å². The number of rotatable bonds is 4. The van der Waals surface area contributed by atoms with Gasteiger partial charge in [-0.15, -0.1) is 0 Å². The molecule has 88 valence electrons. The fraction of sp³-hybridized carbons (Fsp3) is 0.444. The second kappa shape index (κ2) is 5.26. The quantitative estimate of drug-likeness (QED) is 0.596. The van der Waals surface area contributed by atoms with Crippen molar-refractivity contribution >= 4 is 17.9 Å². The fourth-order valence-corrected chi connectivity index (χ4v) is 1.17. The normalized spacial score (nSPS) is 16.5. The van der Waals surface area contributed by atoms with Crippen LogP contribution in [0.4, 0.5) is 4.79 Å². The van der Waals surface area contributed by atoms with E-state index < -0.39 is 24.1 Å². The summed E-state index contributed by atoms with van der Waals surface area (Å²) < 4.78 is 4.70. The van der Waals surface area contributed by atoms with Crippen LogP contribution in [0.5, 0.6) is 0 Å². The van der Waals surface area contributed by atoms with Crippen LogP contribution >= 0.6 is 0 Å². The van der Waals surface area contributed by atoms with E-state index in [1.54, 1.807) is 6.92 Å². The molecule has 0 saturated carbocycles. The molecule has 0 aliphatic carbocycles. The van der Waals surface area contributed by atoms with Crippen molar-refractivity contribution in [2.24, 2.45) is 5.73 Å². The van der Waals surface area contributed by atoms with E-state index in [0.717, 1.165) is 17.1 Å². The van der Waals surface area contributed by atoms with Crippen LogP contribution < -0.4 is 11.1 Å². The van der Waals surface area contributed by atoms with Gasteiger partial charge in [-0.2, -0.15) is 0 Å². The van der Waals surface area contributed by atoms with Gasteiger partial charge < -0.3 is 15.8 Å². The number of hydrogen-bond acceptors (Lipinski definition) is 5. The zero-order valence-electron chi connectivity index (χ0n) is 8.80. The first-order chi connectivity index (χ1) is 7.56. The highest BCUT2D eigenvalue weighted by molar-refractivity contribution is 6.13.